The Kier molecular flexibility index (Phi) is 5.99. The van der Waals surface area contributed by atoms with Crippen molar-refractivity contribution in [2.75, 3.05) is 6.61 Å². The van der Waals surface area contributed by atoms with E-state index < -0.39 is 0 Å². The van der Waals surface area contributed by atoms with E-state index in [9.17, 15) is 0 Å². The number of fused-ring (bicyclic) bond motifs is 1. The van der Waals surface area contributed by atoms with Crippen molar-refractivity contribution in [3.63, 3.8) is 0 Å². The summed E-state index contributed by atoms with van der Waals surface area (Å²) in [6, 6.07) is 31.0. The second-order valence-electron chi connectivity index (χ2n) is 7.48. The molecular formula is C27H24N2O2S. The second-order valence-corrected chi connectivity index (χ2v) is 8.57. The van der Waals surface area contributed by atoms with Crippen LogP contribution in [0.1, 0.15) is 29.0 Å². The Morgan fingerprint density at radius 1 is 0.844 bits per heavy atom. The Balaban J connectivity index is 1.33. The Morgan fingerprint density at radius 3 is 2.53 bits per heavy atom. The zero-order valence-electron chi connectivity index (χ0n) is 17.8. The highest BCUT2D eigenvalue weighted by molar-refractivity contribution is 8.14. The summed E-state index contributed by atoms with van der Waals surface area (Å²) in [5.74, 6) is 1.50. The first-order chi connectivity index (χ1) is 15.8. The van der Waals surface area contributed by atoms with Crippen LogP contribution in [0.3, 0.4) is 0 Å². The fourth-order valence-electron chi connectivity index (χ4n) is 3.79. The lowest BCUT2D eigenvalue weighted by Crippen LogP contribution is -2.08. The summed E-state index contributed by atoms with van der Waals surface area (Å²) < 4.78 is 12.1. The van der Waals surface area contributed by atoms with E-state index in [1.54, 1.807) is 11.8 Å². The van der Waals surface area contributed by atoms with Gasteiger partial charge in [-0.05, 0) is 41.0 Å². The van der Waals surface area contributed by atoms with Crippen LogP contribution in [0.4, 0.5) is 0 Å². The van der Waals surface area contributed by atoms with E-state index in [0.717, 1.165) is 33.2 Å². The molecule has 1 aliphatic rings. The minimum absolute atomic E-state index is 0.0385. The van der Waals surface area contributed by atoms with Crippen molar-refractivity contribution in [2.24, 2.45) is 5.10 Å². The molecule has 1 atom stereocenters. The number of rotatable bonds is 7. The molecule has 1 N–H and O–H groups in total. The van der Waals surface area contributed by atoms with Gasteiger partial charge in [-0.1, -0.05) is 90.6 Å². The van der Waals surface area contributed by atoms with Gasteiger partial charge in [0.1, 0.15) is 17.0 Å². The zero-order valence-corrected chi connectivity index (χ0v) is 18.6. The van der Waals surface area contributed by atoms with Crippen LogP contribution in [0.5, 0.6) is 11.5 Å². The van der Waals surface area contributed by atoms with Gasteiger partial charge in [-0.25, -0.2) is 0 Å². The van der Waals surface area contributed by atoms with Gasteiger partial charge in [0.2, 0.25) is 0 Å². The first kappa shape index (κ1) is 20.5. The molecule has 5 rings (SSSR count). The van der Waals surface area contributed by atoms with E-state index in [0.29, 0.717) is 13.2 Å². The third-order valence-corrected chi connectivity index (χ3v) is 6.53. The standard InChI is InChI=1S/C27H24N2O2S/c1-2-30-25-17-21(27-29-28-26(32-27)20-10-4-3-5-11-20)15-16-24(25)31-18-22-13-8-12-19-9-6-7-14-23(19)22/h3-17,27,29H,2,18H2,1H3/t27-/m0/s1. The van der Waals surface area contributed by atoms with Gasteiger partial charge in [0, 0.05) is 5.56 Å². The smallest absolute Gasteiger partial charge is 0.161 e. The molecule has 1 heterocycles. The molecule has 0 spiro atoms. The van der Waals surface area contributed by atoms with Crippen molar-refractivity contribution in [2.45, 2.75) is 18.9 Å². The number of hydrogen-bond donors (Lipinski definition) is 1. The fourth-order valence-corrected chi connectivity index (χ4v) is 4.78. The molecule has 0 bridgehead atoms. The Labute approximate surface area is 192 Å². The molecule has 0 aromatic heterocycles. The summed E-state index contributed by atoms with van der Waals surface area (Å²) in [4.78, 5) is 0. The highest BCUT2D eigenvalue weighted by atomic mass is 32.2. The molecule has 0 aliphatic carbocycles. The van der Waals surface area contributed by atoms with Crippen molar-refractivity contribution in [3.8, 4) is 11.5 Å². The molecule has 0 amide bonds. The summed E-state index contributed by atoms with van der Waals surface area (Å²) >= 11 is 1.70. The van der Waals surface area contributed by atoms with E-state index in [2.05, 4.69) is 77.3 Å². The summed E-state index contributed by atoms with van der Waals surface area (Å²) in [7, 11) is 0. The minimum atomic E-state index is 0.0385. The van der Waals surface area contributed by atoms with Crippen LogP contribution in [0.25, 0.3) is 10.8 Å². The van der Waals surface area contributed by atoms with Crippen molar-refractivity contribution in [3.05, 3.63) is 108 Å². The van der Waals surface area contributed by atoms with Gasteiger partial charge in [-0.15, -0.1) is 0 Å². The van der Waals surface area contributed by atoms with Crippen LogP contribution < -0.4 is 14.9 Å². The number of nitrogens with one attached hydrogen (secondary N) is 1. The van der Waals surface area contributed by atoms with E-state index in [1.165, 1.54) is 10.8 Å². The van der Waals surface area contributed by atoms with Crippen LogP contribution in [-0.4, -0.2) is 11.7 Å². The van der Waals surface area contributed by atoms with Gasteiger partial charge in [0.15, 0.2) is 11.5 Å². The summed E-state index contributed by atoms with van der Waals surface area (Å²) in [6.45, 7) is 3.05. The highest BCUT2D eigenvalue weighted by Gasteiger charge is 2.23. The zero-order chi connectivity index (χ0) is 21.8. The molecule has 4 aromatic rings. The number of benzene rings is 4. The van der Waals surface area contributed by atoms with Crippen LogP contribution in [0.15, 0.2) is 96.1 Å². The fraction of sp³-hybridized carbons (Fsp3) is 0.148. The molecule has 4 aromatic carbocycles. The highest BCUT2D eigenvalue weighted by Crippen LogP contribution is 2.38. The topological polar surface area (TPSA) is 42.8 Å². The molecular weight excluding hydrogens is 416 g/mol. The largest absolute Gasteiger partial charge is 0.490 e. The Morgan fingerprint density at radius 2 is 1.66 bits per heavy atom. The molecule has 0 radical (unpaired) electrons. The van der Waals surface area contributed by atoms with Crippen LogP contribution in [0.2, 0.25) is 0 Å². The van der Waals surface area contributed by atoms with Gasteiger partial charge < -0.3 is 9.47 Å². The van der Waals surface area contributed by atoms with E-state index in [1.807, 2.05) is 31.2 Å². The summed E-state index contributed by atoms with van der Waals surface area (Å²) in [6.07, 6.45) is 0. The molecule has 160 valence electrons. The first-order valence-electron chi connectivity index (χ1n) is 10.7. The lowest BCUT2D eigenvalue weighted by atomic mass is 10.1. The monoisotopic (exact) mass is 440 g/mol. The van der Waals surface area contributed by atoms with Gasteiger partial charge in [-0.2, -0.15) is 5.10 Å². The number of nitrogens with zero attached hydrogens (tertiary/aromatic N) is 1. The van der Waals surface area contributed by atoms with Gasteiger partial charge in [-0.3, -0.25) is 5.43 Å². The van der Waals surface area contributed by atoms with Crippen LogP contribution >= 0.6 is 11.8 Å². The molecule has 4 nitrogen and oxygen atoms in total. The van der Waals surface area contributed by atoms with Gasteiger partial charge in [0.25, 0.3) is 0 Å². The molecule has 5 heteroatoms. The number of ether oxygens (including phenoxy) is 2. The average molecular weight is 441 g/mol. The van der Waals surface area contributed by atoms with Crippen LogP contribution in [-0.2, 0) is 6.61 Å². The maximum absolute atomic E-state index is 6.21. The third kappa shape index (κ3) is 4.30. The van der Waals surface area contributed by atoms with Crippen molar-refractivity contribution in [1.29, 1.82) is 0 Å². The predicted octanol–water partition coefficient (Wildman–Crippen LogP) is 6.51. The first-order valence-corrected chi connectivity index (χ1v) is 11.6. The second kappa shape index (κ2) is 9.37. The van der Waals surface area contributed by atoms with Crippen molar-refractivity contribution >= 4 is 27.6 Å². The minimum Gasteiger partial charge on any atom is -0.490 e. The average Bonchev–Trinajstić information content (AvgIpc) is 3.34. The quantitative estimate of drug-likeness (QED) is 0.355. The van der Waals surface area contributed by atoms with Crippen LogP contribution in [0, 0.1) is 0 Å². The van der Waals surface area contributed by atoms with Gasteiger partial charge >= 0.3 is 0 Å². The number of hydrogen-bond acceptors (Lipinski definition) is 5. The van der Waals surface area contributed by atoms with E-state index >= 15 is 0 Å². The molecule has 32 heavy (non-hydrogen) atoms. The van der Waals surface area contributed by atoms with E-state index in [-0.39, 0.29) is 5.37 Å². The lowest BCUT2D eigenvalue weighted by molar-refractivity contribution is 0.270. The van der Waals surface area contributed by atoms with Gasteiger partial charge in [0.05, 0.1) is 6.61 Å². The molecule has 0 saturated carbocycles. The van der Waals surface area contributed by atoms with E-state index in [4.69, 9.17) is 9.47 Å². The Bertz CT molecular complexity index is 1250. The number of thioether (sulfide) groups is 1. The molecule has 0 saturated heterocycles. The van der Waals surface area contributed by atoms with Crippen molar-refractivity contribution in [1.82, 2.24) is 5.43 Å². The number of hydrazone groups is 1. The predicted molar refractivity (Wildman–Crippen MR) is 132 cm³/mol. The summed E-state index contributed by atoms with van der Waals surface area (Å²) in [5, 5.41) is 7.98. The SMILES string of the molecule is CCOc1cc([C@H]2NN=C(c3ccccc3)S2)ccc1OCc1cccc2ccccc12. The lowest BCUT2D eigenvalue weighted by Gasteiger charge is -2.16. The third-order valence-electron chi connectivity index (χ3n) is 5.37. The van der Waals surface area contributed by atoms with Crippen molar-refractivity contribution < 1.29 is 9.47 Å². The normalized spacial score (nSPS) is 15.3. The molecule has 1 aliphatic heterocycles. The molecule has 0 fully saturated rings. The maximum Gasteiger partial charge on any atom is 0.161 e. The summed E-state index contributed by atoms with van der Waals surface area (Å²) in [5.41, 5.74) is 6.62. The Hall–Kier alpha value is -3.44. The maximum atomic E-state index is 6.21. The molecule has 0 unspecified atom stereocenters.